The molecule has 0 amide bonds. The van der Waals surface area contributed by atoms with Crippen LogP contribution < -0.4 is 10.6 Å². The van der Waals surface area contributed by atoms with Gasteiger partial charge in [0.05, 0.1) is 0 Å². The molecule has 0 aromatic carbocycles. The molecule has 4 nitrogen and oxygen atoms in total. The Morgan fingerprint density at radius 2 is 1.84 bits per heavy atom. The molecular weight excluding hydrogens is 236 g/mol. The molecule has 0 radical (unpaired) electrons. The first kappa shape index (κ1) is 14.6. The van der Waals surface area contributed by atoms with E-state index in [0.717, 1.165) is 37.4 Å². The summed E-state index contributed by atoms with van der Waals surface area (Å²) in [6.07, 6.45) is 6.74. The maximum Gasteiger partial charge on any atom is 0.191 e. The fourth-order valence-electron chi connectivity index (χ4n) is 2.61. The molecule has 0 bridgehead atoms. The van der Waals surface area contributed by atoms with E-state index in [1.165, 1.54) is 45.2 Å². The first-order valence-corrected chi connectivity index (χ1v) is 7.98. The van der Waals surface area contributed by atoms with Gasteiger partial charge in [0, 0.05) is 19.6 Å². The highest BCUT2D eigenvalue weighted by Crippen LogP contribution is 2.28. The van der Waals surface area contributed by atoms with Crippen molar-refractivity contribution in [1.29, 1.82) is 0 Å². The molecule has 0 spiro atoms. The second-order valence-corrected chi connectivity index (χ2v) is 6.13. The normalized spacial score (nSPS) is 22.5. The lowest BCUT2D eigenvalue weighted by molar-refractivity contribution is 0.213. The van der Waals surface area contributed by atoms with E-state index in [0.29, 0.717) is 0 Å². The monoisotopic (exact) mass is 266 g/mol. The molecule has 2 fully saturated rings. The van der Waals surface area contributed by atoms with Crippen LogP contribution in [-0.2, 0) is 0 Å². The highest BCUT2D eigenvalue weighted by Gasteiger charge is 2.20. The minimum Gasteiger partial charge on any atom is -0.357 e. The van der Waals surface area contributed by atoms with E-state index in [1.54, 1.807) is 0 Å². The SMILES string of the molecule is CCNC(=NCC1CC1)NCCC1CCN(C)CC1. The summed E-state index contributed by atoms with van der Waals surface area (Å²) in [4.78, 5) is 7.09. The zero-order valence-corrected chi connectivity index (χ0v) is 12.6. The van der Waals surface area contributed by atoms with Crippen molar-refractivity contribution in [2.75, 3.05) is 39.8 Å². The number of nitrogens with zero attached hydrogens (tertiary/aromatic N) is 2. The van der Waals surface area contributed by atoms with Crippen molar-refractivity contribution in [3.63, 3.8) is 0 Å². The number of aliphatic imine (C=N–C) groups is 1. The van der Waals surface area contributed by atoms with Gasteiger partial charge < -0.3 is 15.5 Å². The Bertz CT molecular complexity index is 278. The van der Waals surface area contributed by atoms with Crippen LogP contribution in [0.4, 0.5) is 0 Å². The van der Waals surface area contributed by atoms with E-state index in [4.69, 9.17) is 0 Å². The smallest absolute Gasteiger partial charge is 0.191 e. The van der Waals surface area contributed by atoms with Crippen molar-refractivity contribution in [3.05, 3.63) is 0 Å². The van der Waals surface area contributed by atoms with E-state index in [9.17, 15) is 0 Å². The summed E-state index contributed by atoms with van der Waals surface area (Å²) in [7, 11) is 2.22. The predicted molar refractivity (Wildman–Crippen MR) is 81.5 cm³/mol. The Morgan fingerprint density at radius 1 is 1.11 bits per heavy atom. The Hall–Kier alpha value is -0.770. The van der Waals surface area contributed by atoms with Crippen LogP contribution in [0.3, 0.4) is 0 Å². The van der Waals surface area contributed by atoms with Crippen LogP contribution in [0.2, 0.25) is 0 Å². The fraction of sp³-hybridized carbons (Fsp3) is 0.933. The number of piperidine rings is 1. The molecule has 0 aromatic heterocycles. The number of nitrogens with one attached hydrogen (secondary N) is 2. The lowest BCUT2D eigenvalue weighted by Gasteiger charge is -2.29. The summed E-state index contributed by atoms with van der Waals surface area (Å²) in [5.41, 5.74) is 0. The highest BCUT2D eigenvalue weighted by molar-refractivity contribution is 5.79. The zero-order valence-electron chi connectivity index (χ0n) is 12.6. The molecule has 4 heteroatoms. The van der Waals surface area contributed by atoms with Crippen LogP contribution in [0.15, 0.2) is 4.99 Å². The molecule has 1 saturated carbocycles. The Balaban J connectivity index is 1.62. The molecule has 110 valence electrons. The molecule has 2 rings (SSSR count). The van der Waals surface area contributed by atoms with Crippen molar-refractivity contribution in [3.8, 4) is 0 Å². The Kier molecular flexibility index (Phi) is 5.95. The largest absolute Gasteiger partial charge is 0.357 e. The maximum atomic E-state index is 4.66. The number of guanidine groups is 1. The molecule has 19 heavy (non-hydrogen) atoms. The van der Waals surface area contributed by atoms with Crippen LogP contribution in [0.5, 0.6) is 0 Å². The zero-order chi connectivity index (χ0) is 13.5. The molecule has 1 heterocycles. The third-order valence-electron chi connectivity index (χ3n) is 4.23. The van der Waals surface area contributed by atoms with Crippen LogP contribution >= 0.6 is 0 Å². The van der Waals surface area contributed by atoms with Crippen molar-refractivity contribution in [1.82, 2.24) is 15.5 Å². The number of hydrogen-bond donors (Lipinski definition) is 2. The van der Waals surface area contributed by atoms with Gasteiger partial charge in [-0.25, -0.2) is 0 Å². The molecule has 0 atom stereocenters. The summed E-state index contributed by atoms with van der Waals surface area (Å²) in [6, 6.07) is 0. The molecule has 2 aliphatic rings. The van der Waals surface area contributed by atoms with Gasteiger partial charge in [-0.1, -0.05) is 0 Å². The fourth-order valence-corrected chi connectivity index (χ4v) is 2.61. The third kappa shape index (κ3) is 5.81. The summed E-state index contributed by atoms with van der Waals surface area (Å²) in [6.45, 7) is 7.67. The second-order valence-electron chi connectivity index (χ2n) is 6.13. The topological polar surface area (TPSA) is 39.7 Å². The summed E-state index contributed by atoms with van der Waals surface area (Å²) < 4.78 is 0. The van der Waals surface area contributed by atoms with Gasteiger partial charge in [0.1, 0.15) is 0 Å². The molecule has 2 N–H and O–H groups in total. The summed E-state index contributed by atoms with van der Waals surface area (Å²) in [5, 5.41) is 6.83. The van der Waals surface area contributed by atoms with Crippen LogP contribution in [0, 0.1) is 11.8 Å². The number of rotatable bonds is 6. The maximum absolute atomic E-state index is 4.66. The second kappa shape index (κ2) is 7.73. The van der Waals surface area contributed by atoms with Gasteiger partial charge in [-0.2, -0.15) is 0 Å². The summed E-state index contributed by atoms with van der Waals surface area (Å²) in [5.74, 6) is 2.78. The quantitative estimate of drug-likeness (QED) is 0.568. The van der Waals surface area contributed by atoms with Gasteiger partial charge in [0.15, 0.2) is 5.96 Å². The van der Waals surface area contributed by atoms with Gasteiger partial charge in [0.25, 0.3) is 0 Å². The molecular formula is C15H30N4. The van der Waals surface area contributed by atoms with E-state index in [2.05, 4.69) is 34.5 Å². The molecule has 1 aliphatic carbocycles. The van der Waals surface area contributed by atoms with Crippen molar-refractivity contribution in [2.24, 2.45) is 16.8 Å². The van der Waals surface area contributed by atoms with Gasteiger partial charge in [-0.05, 0) is 71.0 Å². The molecule has 0 unspecified atom stereocenters. The lowest BCUT2D eigenvalue weighted by Crippen LogP contribution is -2.39. The first-order chi connectivity index (χ1) is 9.28. The van der Waals surface area contributed by atoms with E-state index in [-0.39, 0.29) is 0 Å². The minimum atomic E-state index is 0.865. The van der Waals surface area contributed by atoms with Crippen molar-refractivity contribution >= 4 is 5.96 Å². The molecule has 1 aliphatic heterocycles. The lowest BCUT2D eigenvalue weighted by atomic mass is 9.94. The standard InChI is InChI=1S/C15H30N4/c1-3-16-15(18-12-14-4-5-14)17-9-6-13-7-10-19(2)11-8-13/h13-14H,3-12H2,1-2H3,(H2,16,17,18). The average Bonchev–Trinajstić information content (AvgIpc) is 3.22. The van der Waals surface area contributed by atoms with Crippen LogP contribution in [0.25, 0.3) is 0 Å². The number of hydrogen-bond acceptors (Lipinski definition) is 2. The molecule has 0 aromatic rings. The van der Waals surface area contributed by atoms with Crippen molar-refractivity contribution < 1.29 is 0 Å². The minimum absolute atomic E-state index is 0.865. The van der Waals surface area contributed by atoms with Gasteiger partial charge in [0.2, 0.25) is 0 Å². The third-order valence-corrected chi connectivity index (χ3v) is 4.23. The molecule has 1 saturated heterocycles. The van der Waals surface area contributed by atoms with Crippen LogP contribution in [-0.4, -0.2) is 50.6 Å². The number of likely N-dealkylation sites (tertiary alicyclic amines) is 1. The van der Waals surface area contributed by atoms with E-state index >= 15 is 0 Å². The predicted octanol–water partition coefficient (Wildman–Crippen LogP) is 1.68. The van der Waals surface area contributed by atoms with Crippen LogP contribution in [0.1, 0.15) is 39.0 Å². The van der Waals surface area contributed by atoms with Gasteiger partial charge >= 0.3 is 0 Å². The van der Waals surface area contributed by atoms with Crippen molar-refractivity contribution in [2.45, 2.75) is 39.0 Å². The highest BCUT2D eigenvalue weighted by atomic mass is 15.2. The first-order valence-electron chi connectivity index (χ1n) is 7.98. The van der Waals surface area contributed by atoms with E-state index < -0.39 is 0 Å². The average molecular weight is 266 g/mol. The Labute approximate surface area is 118 Å². The van der Waals surface area contributed by atoms with Gasteiger partial charge in [-0.3, -0.25) is 4.99 Å². The summed E-state index contributed by atoms with van der Waals surface area (Å²) >= 11 is 0. The van der Waals surface area contributed by atoms with E-state index in [1.807, 2.05) is 0 Å². The van der Waals surface area contributed by atoms with Gasteiger partial charge in [-0.15, -0.1) is 0 Å². The Morgan fingerprint density at radius 3 is 2.47 bits per heavy atom.